The second-order valence-corrected chi connectivity index (χ2v) is 8.09. The van der Waals surface area contributed by atoms with E-state index >= 15 is 0 Å². The second-order valence-electron chi connectivity index (χ2n) is 8.09. The highest BCUT2D eigenvalue weighted by molar-refractivity contribution is 5.98. The Morgan fingerprint density at radius 1 is 0.848 bits per heavy atom. The molecule has 0 aromatic heterocycles. The van der Waals surface area contributed by atoms with Gasteiger partial charge in [0.1, 0.15) is 0 Å². The maximum absolute atomic E-state index is 13.1. The molecule has 0 spiro atoms. The van der Waals surface area contributed by atoms with Crippen LogP contribution in [0.5, 0.6) is 0 Å². The van der Waals surface area contributed by atoms with Crippen molar-refractivity contribution in [1.29, 1.82) is 0 Å². The van der Waals surface area contributed by atoms with Gasteiger partial charge in [0.2, 0.25) is 0 Å². The molecule has 0 unspecified atom stereocenters. The van der Waals surface area contributed by atoms with Crippen LogP contribution in [0.15, 0.2) is 91.0 Å². The van der Waals surface area contributed by atoms with Crippen LogP contribution in [0.1, 0.15) is 40.0 Å². The Morgan fingerprint density at radius 3 is 2.39 bits per heavy atom. The number of nitrogens with one attached hydrogen (secondary N) is 3. The molecule has 0 aliphatic heterocycles. The quantitative estimate of drug-likeness (QED) is 0.348. The van der Waals surface area contributed by atoms with Gasteiger partial charge in [-0.25, -0.2) is 4.79 Å². The molecule has 4 aromatic rings. The topological polar surface area (TPSA) is 70.2 Å². The number of amides is 3. The number of anilines is 1. The molecule has 5 nitrogen and oxygen atoms in total. The van der Waals surface area contributed by atoms with E-state index in [1.54, 1.807) is 12.1 Å². The molecule has 0 bridgehead atoms. The van der Waals surface area contributed by atoms with Gasteiger partial charge in [0.05, 0.1) is 6.04 Å². The van der Waals surface area contributed by atoms with E-state index in [0.717, 1.165) is 27.5 Å². The molecule has 0 aliphatic rings. The fourth-order valence-corrected chi connectivity index (χ4v) is 3.88. The zero-order chi connectivity index (χ0) is 23.2. The third kappa shape index (κ3) is 5.39. The van der Waals surface area contributed by atoms with E-state index in [4.69, 9.17) is 0 Å². The van der Waals surface area contributed by atoms with Crippen molar-refractivity contribution in [3.8, 4) is 0 Å². The first kappa shape index (κ1) is 22.1. The van der Waals surface area contributed by atoms with Crippen molar-refractivity contribution in [2.45, 2.75) is 26.4 Å². The summed E-state index contributed by atoms with van der Waals surface area (Å²) >= 11 is 0. The Bertz CT molecular complexity index is 1280. The van der Waals surface area contributed by atoms with E-state index in [2.05, 4.69) is 34.1 Å². The van der Waals surface area contributed by atoms with Gasteiger partial charge in [-0.2, -0.15) is 0 Å². The van der Waals surface area contributed by atoms with Crippen LogP contribution in [0.2, 0.25) is 0 Å². The smallest absolute Gasteiger partial charge is 0.319 e. The third-order valence-electron chi connectivity index (χ3n) is 5.67. The normalized spacial score (nSPS) is 11.6. The lowest BCUT2D eigenvalue weighted by Gasteiger charge is -2.18. The van der Waals surface area contributed by atoms with Crippen molar-refractivity contribution in [2.75, 3.05) is 5.32 Å². The molecule has 5 heteroatoms. The van der Waals surface area contributed by atoms with E-state index in [1.807, 2.05) is 74.5 Å². The largest absolute Gasteiger partial charge is 0.345 e. The molecular formula is C28H27N3O2. The van der Waals surface area contributed by atoms with Gasteiger partial charge in [-0.15, -0.1) is 0 Å². The molecule has 166 valence electrons. The van der Waals surface area contributed by atoms with Gasteiger partial charge in [-0.05, 0) is 53.4 Å². The average molecular weight is 438 g/mol. The predicted octanol–water partition coefficient (Wildman–Crippen LogP) is 5.96. The molecule has 3 N–H and O–H groups in total. The number of benzene rings is 4. The molecule has 33 heavy (non-hydrogen) atoms. The number of fused-ring (bicyclic) bond motifs is 1. The summed E-state index contributed by atoms with van der Waals surface area (Å²) in [6, 6.07) is 28.8. The van der Waals surface area contributed by atoms with Crippen molar-refractivity contribution in [1.82, 2.24) is 10.6 Å². The molecule has 0 aliphatic carbocycles. The monoisotopic (exact) mass is 437 g/mol. The maximum Gasteiger partial charge on any atom is 0.319 e. The lowest BCUT2D eigenvalue weighted by Crippen LogP contribution is -2.29. The summed E-state index contributed by atoms with van der Waals surface area (Å²) in [5, 5.41) is 11.0. The van der Waals surface area contributed by atoms with Crippen LogP contribution in [0.3, 0.4) is 0 Å². The Hall–Kier alpha value is -4.12. The highest BCUT2D eigenvalue weighted by atomic mass is 16.2. The molecule has 4 rings (SSSR count). The van der Waals surface area contributed by atoms with Gasteiger partial charge in [0.25, 0.3) is 5.91 Å². The fraction of sp³-hybridized carbons (Fsp3) is 0.143. The van der Waals surface area contributed by atoms with Gasteiger partial charge in [0.15, 0.2) is 0 Å². The summed E-state index contributed by atoms with van der Waals surface area (Å²) < 4.78 is 0. The molecule has 1 atom stereocenters. The van der Waals surface area contributed by atoms with Gasteiger partial charge in [0, 0.05) is 17.8 Å². The SMILES string of the molecule is Cc1ccc(NC(=O)NCc2ccccc2)cc1C(=O)N[C@H](C)c1cccc2ccccc12. The van der Waals surface area contributed by atoms with Gasteiger partial charge >= 0.3 is 6.03 Å². The minimum absolute atomic E-state index is 0.172. The van der Waals surface area contributed by atoms with Crippen LogP contribution in [0, 0.1) is 6.92 Å². The fourth-order valence-electron chi connectivity index (χ4n) is 3.88. The Labute approximate surface area is 193 Å². The maximum atomic E-state index is 13.1. The number of hydrogen-bond acceptors (Lipinski definition) is 2. The van der Waals surface area contributed by atoms with Crippen molar-refractivity contribution in [3.05, 3.63) is 113 Å². The van der Waals surface area contributed by atoms with Crippen molar-refractivity contribution in [2.24, 2.45) is 0 Å². The predicted molar refractivity (Wildman–Crippen MR) is 133 cm³/mol. The minimum Gasteiger partial charge on any atom is -0.345 e. The number of urea groups is 1. The van der Waals surface area contributed by atoms with E-state index in [0.29, 0.717) is 17.8 Å². The highest BCUT2D eigenvalue weighted by Gasteiger charge is 2.16. The van der Waals surface area contributed by atoms with Crippen molar-refractivity contribution in [3.63, 3.8) is 0 Å². The molecule has 0 fully saturated rings. The van der Waals surface area contributed by atoms with Crippen molar-refractivity contribution >= 4 is 28.4 Å². The number of carbonyl (C=O) groups is 2. The van der Waals surface area contributed by atoms with E-state index in [1.165, 1.54) is 0 Å². The zero-order valence-electron chi connectivity index (χ0n) is 18.8. The summed E-state index contributed by atoms with van der Waals surface area (Å²) in [6.07, 6.45) is 0. The second kappa shape index (κ2) is 10.0. The Morgan fingerprint density at radius 2 is 1.58 bits per heavy atom. The van der Waals surface area contributed by atoms with Crippen LogP contribution in [-0.4, -0.2) is 11.9 Å². The Balaban J connectivity index is 1.44. The molecule has 0 radical (unpaired) electrons. The Kier molecular flexibility index (Phi) is 6.69. The number of carbonyl (C=O) groups excluding carboxylic acids is 2. The molecule has 3 amide bonds. The average Bonchev–Trinajstić information content (AvgIpc) is 2.84. The van der Waals surface area contributed by atoms with Crippen LogP contribution in [0.25, 0.3) is 10.8 Å². The first-order valence-corrected chi connectivity index (χ1v) is 11.0. The summed E-state index contributed by atoms with van der Waals surface area (Å²) in [5.41, 5.74) is 4.01. The first-order valence-electron chi connectivity index (χ1n) is 11.0. The minimum atomic E-state index is -0.321. The van der Waals surface area contributed by atoms with Gasteiger partial charge in [-0.3, -0.25) is 4.79 Å². The molecule has 4 aromatic carbocycles. The van der Waals surface area contributed by atoms with E-state index in [-0.39, 0.29) is 18.0 Å². The lowest BCUT2D eigenvalue weighted by molar-refractivity contribution is 0.0939. The molecule has 0 saturated carbocycles. The number of aryl methyl sites for hydroxylation is 1. The molecule has 0 heterocycles. The molecular weight excluding hydrogens is 410 g/mol. The zero-order valence-corrected chi connectivity index (χ0v) is 18.8. The summed E-state index contributed by atoms with van der Waals surface area (Å²) in [7, 11) is 0. The van der Waals surface area contributed by atoms with Crippen molar-refractivity contribution < 1.29 is 9.59 Å². The summed E-state index contributed by atoms with van der Waals surface area (Å²) in [4.78, 5) is 25.4. The van der Waals surface area contributed by atoms with Crippen LogP contribution in [-0.2, 0) is 6.54 Å². The van der Waals surface area contributed by atoms with Gasteiger partial charge < -0.3 is 16.0 Å². The van der Waals surface area contributed by atoms with Crippen LogP contribution in [0.4, 0.5) is 10.5 Å². The summed E-state index contributed by atoms with van der Waals surface area (Å²) in [6.45, 7) is 4.29. The van der Waals surface area contributed by atoms with E-state index in [9.17, 15) is 9.59 Å². The lowest BCUT2D eigenvalue weighted by atomic mass is 9.99. The van der Waals surface area contributed by atoms with E-state index < -0.39 is 0 Å². The standard InChI is InChI=1S/C28H27N3O2/c1-19-15-16-23(31-28(33)29-18-21-9-4-3-5-10-21)17-26(19)27(32)30-20(2)24-14-8-12-22-11-6-7-13-25(22)24/h3-17,20H,18H2,1-2H3,(H,30,32)(H2,29,31,33)/t20-/m1/s1. The summed E-state index contributed by atoms with van der Waals surface area (Å²) in [5.74, 6) is -0.179. The first-order chi connectivity index (χ1) is 16.0. The van der Waals surface area contributed by atoms with Crippen LogP contribution >= 0.6 is 0 Å². The highest BCUT2D eigenvalue weighted by Crippen LogP contribution is 2.25. The van der Waals surface area contributed by atoms with Crippen LogP contribution < -0.4 is 16.0 Å². The van der Waals surface area contributed by atoms with Gasteiger partial charge in [-0.1, -0.05) is 78.9 Å². The molecule has 0 saturated heterocycles. The third-order valence-corrected chi connectivity index (χ3v) is 5.67. The number of hydrogen-bond donors (Lipinski definition) is 3. The number of rotatable bonds is 6.